The highest BCUT2D eigenvalue weighted by atomic mass is 79.9. The van der Waals surface area contributed by atoms with Gasteiger partial charge in [0.1, 0.15) is 23.2 Å². The fraction of sp³-hybridized carbons (Fsp3) is 0.136. The van der Waals surface area contributed by atoms with Gasteiger partial charge in [-0.2, -0.15) is 0 Å². The summed E-state index contributed by atoms with van der Waals surface area (Å²) < 4.78 is 5.35. The van der Waals surface area contributed by atoms with E-state index in [1.165, 1.54) is 15.9 Å². The Hall–Kier alpha value is -1.96. The Bertz CT molecular complexity index is 711. The van der Waals surface area contributed by atoms with Gasteiger partial charge in [0, 0.05) is 0 Å². The summed E-state index contributed by atoms with van der Waals surface area (Å²) in [5.74, 6) is -0.146. The average molecular weight is 429 g/mol. The molecule has 0 saturated carbocycles. The van der Waals surface area contributed by atoms with Gasteiger partial charge in [-0.1, -0.05) is 54.6 Å². The maximum absolute atomic E-state index is 12.6. The minimum Gasteiger partial charge on any atom is -1.00 e. The van der Waals surface area contributed by atoms with Crippen LogP contribution in [0.1, 0.15) is 6.92 Å². The predicted molar refractivity (Wildman–Crippen MR) is 107 cm³/mol. The third-order valence-electron chi connectivity index (χ3n) is 4.26. The van der Waals surface area contributed by atoms with Crippen LogP contribution in [0.15, 0.2) is 91.0 Å². The second-order valence-corrected chi connectivity index (χ2v) is 9.26. The maximum Gasteiger partial charge on any atom is 0.345 e. The lowest BCUT2D eigenvalue weighted by Gasteiger charge is -2.26. The first-order valence-electron chi connectivity index (χ1n) is 8.48. The van der Waals surface area contributed by atoms with Gasteiger partial charge in [-0.05, 0) is 43.3 Å². The maximum atomic E-state index is 12.6. The highest BCUT2D eigenvalue weighted by molar-refractivity contribution is 7.96. The molecule has 134 valence electrons. The summed E-state index contributed by atoms with van der Waals surface area (Å²) in [6.07, 6.45) is 0.374. The minimum atomic E-state index is -2.11. The lowest BCUT2D eigenvalue weighted by molar-refractivity contribution is -0.139. The summed E-state index contributed by atoms with van der Waals surface area (Å²) in [4.78, 5) is 12.6. The lowest BCUT2D eigenvalue weighted by atomic mass is 10.4. The molecule has 0 aliphatic carbocycles. The Morgan fingerprint density at radius 2 is 1.08 bits per heavy atom. The summed E-state index contributed by atoms with van der Waals surface area (Å²) in [6, 6.07) is 31.1. The lowest BCUT2D eigenvalue weighted by Crippen LogP contribution is -3.00. The zero-order chi connectivity index (χ0) is 17.5. The number of benzene rings is 3. The van der Waals surface area contributed by atoms with Gasteiger partial charge in [0.25, 0.3) is 0 Å². The highest BCUT2D eigenvalue weighted by Gasteiger charge is 2.47. The summed E-state index contributed by atoms with van der Waals surface area (Å²) in [5, 5.41) is 3.58. The molecule has 26 heavy (non-hydrogen) atoms. The molecule has 0 saturated heterocycles. The van der Waals surface area contributed by atoms with Crippen LogP contribution in [-0.2, 0) is 9.53 Å². The van der Waals surface area contributed by atoms with Crippen LogP contribution in [0.4, 0.5) is 0 Å². The van der Waals surface area contributed by atoms with Crippen molar-refractivity contribution in [1.82, 2.24) is 0 Å². The number of ether oxygens (including phenoxy) is 1. The molecule has 0 aromatic heterocycles. The largest absolute Gasteiger partial charge is 1.00 e. The van der Waals surface area contributed by atoms with E-state index >= 15 is 0 Å². The number of hydrogen-bond donors (Lipinski definition) is 0. The van der Waals surface area contributed by atoms with Gasteiger partial charge in [-0.15, -0.1) is 0 Å². The summed E-state index contributed by atoms with van der Waals surface area (Å²) in [6.45, 7) is 2.25. The molecule has 4 heteroatoms. The Balaban J connectivity index is 0.00000243. The second-order valence-electron chi connectivity index (χ2n) is 5.78. The first-order valence-corrected chi connectivity index (χ1v) is 10.5. The minimum absolute atomic E-state index is 0. The third-order valence-corrected chi connectivity index (χ3v) is 8.53. The van der Waals surface area contributed by atoms with E-state index in [-0.39, 0.29) is 23.0 Å². The fourth-order valence-corrected chi connectivity index (χ4v) is 7.13. The summed E-state index contributed by atoms with van der Waals surface area (Å²) in [5.41, 5.74) is 0. The van der Waals surface area contributed by atoms with Crippen LogP contribution in [0.3, 0.4) is 0 Å². The number of halogens is 1. The van der Waals surface area contributed by atoms with Crippen LogP contribution in [0, 0.1) is 0 Å². The molecule has 3 aromatic rings. The highest BCUT2D eigenvalue weighted by Crippen LogP contribution is 2.55. The SMILES string of the molecule is CCOC(=O)C[P+](c1ccccc1)(c1ccccc1)c1ccccc1.[Br-]. The van der Waals surface area contributed by atoms with Crippen molar-refractivity contribution in [3.8, 4) is 0 Å². The quantitative estimate of drug-likeness (QED) is 0.423. The van der Waals surface area contributed by atoms with E-state index in [2.05, 4.69) is 36.4 Å². The van der Waals surface area contributed by atoms with E-state index in [0.717, 1.165) is 0 Å². The Labute approximate surface area is 166 Å². The monoisotopic (exact) mass is 428 g/mol. The van der Waals surface area contributed by atoms with Crippen LogP contribution >= 0.6 is 7.26 Å². The van der Waals surface area contributed by atoms with Crippen molar-refractivity contribution in [2.75, 3.05) is 12.8 Å². The van der Waals surface area contributed by atoms with Crippen LogP contribution in [-0.4, -0.2) is 18.7 Å². The van der Waals surface area contributed by atoms with Crippen molar-refractivity contribution in [2.45, 2.75) is 6.92 Å². The molecule has 0 aliphatic heterocycles. The molecule has 0 aliphatic rings. The van der Waals surface area contributed by atoms with E-state index in [1.807, 2.05) is 61.5 Å². The molecule has 0 fully saturated rings. The number of esters is 1. The number of rotatable bonds is 6. The first-order chi connectivity index (χ1) is 12.3. The first kappa shape index (κ1) is 20.4. The number of carbonyl (C=O) groups is 1. The Kier molecular flexibility index (Phi) is 7.56. The molecule has 0 atom stereocenters. The molecule has 3 rings (SSSR count). The third kappa shape index (κ3) is 4.23. The van der Waals surface area contributed by atoms with Gasteiger partial charge in [0.15, 0.2) is 6.16 Å². The van der Waals surface area contributed by atoms with Gasteiger partial charge >= 0.3 is 5.97 Å². The topological polar surface area (TPSA) is 26.3 Å². The molecule has 0 radical (unpaired) electrons. The van der Waals surface area contributed by atoms with E-state index < -0.39 is 7.26 Å². The van der Waals surface area contributed by atoms with Gasteiger partial charge in [-0.3, -0.25) is 0 Å². The molecule has 0 spiro atoms. The van der Waals surface area contributed by atoms with Crippen molar-refractivity contribution in [1.29, 1.82) is 0 Å². The Morgan fingerprint density at radius 3 is 1.38 bits per heavy atom. The van der Waals surface area contributed by atoms with E-state index in [4.69, 9.17) is 4.74 Å². The molecule has 2 nitrogen and oxygen atoms in total. The molecule has 0 heterocycles. The molecular formula is C22H22BrO2P. The zero-order valence-electron chi connectivity index (χ0n) is 14.7. The molecule has 3 aromatic carbocycles. The second kappa shape index (κ2) is 9.66. The molecule has 0 amide bonds. The van der Waals surface area contributed by atoms with Crippen LogP contribution in [0.5, 0.6) is 0 Å². The van der Waals surface area contributed by atoms with Crippen molar-refractivity contribution in [3.05, 3.63) is 91.0 Å². The molecule has 0 bridgehead atoms. The Morgan fingerprint density at radius 1 is 0.731 bits per heavy atom. The van der Waals surface area contributed by atoms with Gasteiger partial charge in [0.05, 0.1) is 6.61 Å². The van der Waals surface area contributed by atoms with Crippen LogP contribution in [0.25, 0.3) is 0 Å². The standard InChI is InChI=1S/C22H22O2P.BrH/c1-2-24-22(23)18-25(19-12-6-3-7-13-19,20-14-8-4-9-15-20)21-16-10-5-11-17-21;/h3-17H,2,18H2,1H3;1H/q+1;/p-1. The molecule has 0 N–H and O–H groups in total. The normalized spacial score (nSPS) is 10.7. The van der Waals surface area contributed by atoms with E-state index in [0.29, 0.717) is 12.8 Å². The number of carbonyl (C=O) groups excluding carboxylic acids is 1. The van der Waals surface area contributed by atoms with E-state index in [9.17, 15) is 4.79 Å². The van der Waals surface area contributed by atoms with Gasteiger partial charge in [0.2, 0.25) is 0 Å². The summed E-state index contributed by atoms with van der Waals surface area (Å²) >= 11 is 0. The van der Waals surface area contributed by atoms with Crippen LogP contribution in [0.2, 0.25) is 0 Å². The molecule has 0 unspecified atom stereocenters. The van der Waals surface area contributed by atoms with Crippen molar-refractivity contribution < 1.29 is 26.5 Å². The zero-order valence-corrected chi connectivity index (χ0v) is 17.2. The average Bonchev–Trinajstić information content (AvgIpc) is 2.68. The van der Waals surface area contributed by atoms with Gasteiger partial charge in [-0.25, -0.2) is 4.79 Å². The van der Waals surface area contributed by atoms with Gasteiger partial charge < -0.3 is 21.7 Å². The van der Waals surface area contributed by atoms with Crippen molar-refractivity contribution in [3.63, 3.8) is 0 Å². The number of hydrogen-bond acceptors (Lipinski definition) is 2. The molecular weight excluding hydrogens is 407 g/mol. The van der Waals surface area contributed by atoms with E-state index in [1.54, 1.807) is 0 Å². The predicted octanol–water partition coefficient (Wildman–Crippen LogP) is 0.548. The van der Waals surface area contributed by atoms with Crippen molar-refractivity contribution in [2.24, 2.45) is 0 Å². The van der Waals surface area contributed by atoms with Crippen molar-refractivity contribution >= 4 is 29.1 Å². The summed E-state index contributed by atoms with van der Waals surface area (Å²) in [7, 11) is -2.11. The smallest absolute Gasteiger partial charge is 0.345 e. The fourth-order valence-electron chi connectivity index (χ4n) is 3.17. The van der Waals surface area contributed by atoms with Crippen LogP contribution < -0.4 is 32.9 Å².